The van der Waals surface area contributed by atoms with Crippen molar-refractivity contribution < 1.29 is 9.21 Å². The van der Waals surface area contributed by atoms with E-state index in [4.69, 9.17) is 4.42 Å². The van der Waals surface area contributed by atoms with E-state index in [1.165, 1.54) is 6.42 Å². The Morgan fingerprint density at radius 3 is 2.81 bits per heavy atom. The highest BCUT2D eigenvalue weighted by Gasteiger charge is 2.36. The zero-order valence-corrected chi connectivity index (χ0v) is 13.0. The van der Waals surface area contributed by atoms with E-state index in [1.807, 2.05) is 26.1 Å². The molecule has 0 saturated heterocycles. The van der Waals surface area contributed by atoms with Crippen LogP contribution in [0.15, 0.2) is 22.7 Å². The van der Waals surface area contributed by atoms with Crippen LogP contribution in [-0.2, 0) is 13.6 Å². The van der Waals surface area contributed by atoms with Gasteiger partial charge in [0.2, 0.25) is 0 Å². The Kier molecular flexibility index (Phi) is 3.35. The Morgan fingerprint density at radius 2 is 2.24 bits per heavy atom. The van der Waals surface area contributed by atoms with Crippen LogP contribution in [0.4, 0.5) is 0 Å². The molecular weight excluding hydrogens is 266 g/mol. The van der Waals surface area contributed by atoms with E-state index in [0.717, 1.165) is 23.1 Å². The average Bonchev–Trinajstić information content (AvgIpc) is 2.85. The average molecular weight is 287 g/mol. The fourth-order valence-electron chi connectivity index (χ4n) is 2.62. The number of hydrogen-bond acceptors (Lipinski definition) is 3. The number of carbonyl (C=O) groups is 1. The number of aryl methyl sites for hydroxylation is 1. The first kappa shape index (κ1) is 13.9. The fraction of sp³-hybridized carbons (Fsp3) is 0.500. The number of hydrogen-bond donors (Lipinski definition) is 0. The molecule has 0 spiro atoms. The topological polar surface area (TPSA) is 51.3 Å². The van der Waals surface area contributed by atoms with Gasteiger partial charge in [0.1, 0.15) is 11.5 Å². The molecule has 3 rings (SSSR count). The molecule has 2 atom stereocenters. The Balaban J connectivity index is 1.68. The van der Waals surface area contributed by atoms with Gasteiger partial charge in [-0.3, -0.25) is 9.48 Å². The molecule has 0 unspecified atom stereocenters. The first-order valence-corrected chi connectivity index (χ1v) is 7.30. The molecule has 2 aromatic heterocycles. The molecule has 2 aromatic rings. The zero-order chi connectivity index (χ0) is 15.1. The molecule has 1 amide bonds. The van der Waals surface area contributed by atoms with Crippen LogP contribution in [0.3, 0.4) is 0 Å². The summed E-state index contributed by atoms with van der Waals surface area (Å²) in [7, 11) is 3.62. The van der Waals surface area contributed by atoms with Gasteiger partial charge in [-0.15, -0.1) is 0 Å². The van der Waals surface area contributed by atoms with Crippen LogP contribution in [0.2, 0.25) is 0 Å². The Bertz CT molecular complexity index is 671. The van der Waals surface area contributed by atoms with Crippen molar-refractivity contribution in [3.05, 3.63) is 41.1 Å². The van der Waals surface area contributed by atoms with Crippen LogP contribution in [0, 0.1) is 12.8 Å². The lowest BCUT2D eigenvalue weighted by Gasteiger charge is -2.15. The van der Waals surface area contributed by atoms with Crippen molar-refractivity contribution in [2.24, 2.45) is 13.0 Å². The van der Waals surface area contributed by atoms with E-state index >= 15 is 0 Å². The minimum Gasteiger partial charge on any atom is -0.464 e. The molecule has 5 heteroatoms. The first-order valence-electron chi connectivity index (χ1n) is 7.30. The van der Waals surface area contributed by atoms with Crippen LogP contribution >= 0.6 is 0 Å². The molecule has 21 heavy (non-hydrogen) atoms. The monoisotopic (exact) mass is 287 g/mol. The van der Waals surface area contributed by atoms with E-state index in [1.54, 1.807) is 22.8 Å². The number of carbonyl (C=O) groups excluding carboxylic acids is 1. The number of aromatic nitrogens is 2. The van der Waals surface area contributed by atoms with Crippen molar-refractivity contribution in [3.63, 3.8) is 0 Å². The summed E-state index contributed by atoms with van der Waals surface area (Å²) in [6.45, 7) is 4.61. The Morgan fingerprint density at radius 1 is 1.52 bits per heavy atom. The van der Waals surface area contributed by atoms with Crippen LogP contribution < -0.4 is 0 Å². The highest BCUT2D eigenvalue weighted by atomic mass is 16.3. The molecule has 2 heterocycles. The molecule has 0 radical (unpaired) electrons. The lowest BCUT2D eigenvalue weighted by atomic mass is 10.2. The van der Waals surface area contributed by atoms with Crippen molar-refractivity contribution in [1.82, 2.24) is 14.7 Å². The van der Waals surface area contributed by atoms with Gasteiger partial charge in [-0.25, -0.2) is 0 Å². The summed E-state index contributed by atoms with van der Waals surface area (Å²) in [5, 5.41) is 4.12. The van der Waals surface area contributed by atoms with E-state index in [0.29, 0.717) is 18.0 Å². The molecular formula is C16H21N3O2. The Labute approximate surface area is 124 Å². The highest BCUT2D eigenvalue weighted by molar-refractivity contribution is 5.94. The number of rotatable bonds is 4. The molecule has 1 aliphatic carbocycles. The minimum absolute atomic E-state index is 0.0293. The van der Waals surface area contributed by atoms with Gasteiger partial charge in [0.25, 0.3) is 5.91 Å². The second kappa shape index (κ2) is 5.06. The summed E-state index contributed by atoms with van der Waals surface area (Å²) in [6.07, 6.45) is 2.82. The molecule has 0 aromatic carbocycles. The maximum Gasteiger partial charge on any atom is 0.257 e. The quantitative estimate of drug-likeness (QED) is 0.868. The zero-order valence-electron chi connectivity index (χ0n) is 13.0. The SMILES string of the molecule is Cc1c(C(=O)N(C)Cc2ccc([C@@H]3C[C@H]3C)o2)cnn1C. The molecule has 1 fully saturated rings. The maximum atomic E-state index is 12.4. The fourth-order valence-corrected chi connectivity index (χ4v) is 2.62. The number of furan rings is 1. The van der Waals surface area contributed by atoms with E-state index in [2.05, 4.69) is 12.0 Å². The summed E-state index contributed by atoms with van der Waals surface area (Å²) in [6, 6.07) is 4.01. The highest BCUT2D eigenvalue weighted by Crippen LogP contribution is 2.47. The Hall–Kier alpha value is -2.04. The van der Waals surface area contributed by atoms with Gasteiger partial charge in [-0.2, -0.15) is 5.10 Å². The van der Waals surface area contributed by atoms with Crippen LogP contribution in [-0.4, -0.2) is 27.6 Å². The van der Waals surface area contributed by atoms with E-state index in [-0.39, 0.29) is 5.91 Å². The smallest absolute Gasteiger partial charge is 0.257 e. The normalized spacial score (nSPS) is 20.6. The summed E-state index contributed by atoms with van der Waals surface area (Å²) < 4.78 is 7.56. The van der Waals surface area contributed by atoms with Gasteiger partial charge in [0.15, 0.2) is 0 Å². The van der Waals surface area contributed by atoms with Crippen molar-refractivity contribution in [2.45, 2.75) is 32.7 Å². The molecule has 0 bridgehead atoms. The summed E-state index contributed by atoms with van der Waals surface area (Å²) in [5.41, 5.74) is 1.52. The second-order valence-corrected chi connectivity index (χ2v) is 6.05. The van der Waals surface area contributed by atoms with Gasteiger partial charge >= 0.3 is 0 Å². The third-order valence-electron chi connectivity index (χ3n) is 4.36. The van der Waals surface area contributed by atoms with Crippen LogP contribution in [0.5, 0.6) is 0 Å². The third-order valence-corrected chi connectivity index (χ3v) is 4.36. The molecule has 5 nitrogen and oxygen atoms in total. The maximum absolute atomic E-state index is 12.4. The van der Waals surface area contributed by atoms with Gasteiger partial charge in [-0.05, 0) is 31.4 Å². The van der Waals surface area contributed by atoms with Gasteiger partial charge in [-0.1, -0.05) is 6.92 Å². The minimum atomic E-state index is -0.0293. The van der Waals surface area contributed by atoms with Crippen molar-refractivity contribution in [2.75, 3.05) is 7.05 Å². The molecule has 0 aliphatic heterocycles. The van der Waals surface area contributed by atoms with Gasteiger partial charge in [0, 0.05) is 25.7 Å². The summed E-state index contributed by atoms with van der Waals surface area (Å²) >= 11 is 0. The summed E-state index contributed by atoms with van der Waals surface area (Å²) in [5.74, 6) is 3.15. The third kappa shape index (κ3) is 2.60. The van der Waals surface area contributed by atoms with E-state index in [9.17, 15) is 4.79 Å². The van der Waals surface area contributed by atoms with Crippen molar-refractivity contribution >= 4 is 5.91 Å². The predicted molar refractivity (Wildman–Crippen MR) is 79.0 cm³/mol. The largest absolute Gasteiger partial charge is 0.464 e. The lowest BCUT2D eigenvalue weighted by Crippen LogP contribution is -2.26. The van der Waals surface area contributed by atoms with Crippen LogP contribution in [0.1, 0.15) is 46.8 Å². The van der Waals surface area contributed by atoms with Crippen LogP contribution in [0.25, 0.3) is 0 Å². The number of amides is 1. The predicted octanol–water partition coefficient (Wildman–Crippen LogP) is 2.72. The van der Waals surface area contributed by atoms with Crippen molar-refractivity contribution in [3.8, 4) is 0 Å². The standard InChI is InChI=1S/C16H21N3O2/c1-10-7-13(10)15-6-5-12(21-15)9-18(3)16(20)14-8-17-19(4)11(14)2/h5-6,8,10,13H,7,9H2,1-4H3/t10-,13-/m1/s1. The molecule has 1 aliphatic rings. The number of nitrogens with zero attached hydrogens (tertiary/aromatic N) is 3. The van der Waals surface area contributed by atoms with Gasteiger partial charge in [0.05, 0.1) is 18.3 Å². The molecule has 0 N–H and O–H groups in total. The molecule has 112 valence electrons. The second-order valence-electron chi connectivity index (χ2n) is 6.05. The summed E-state index contributed by atoms with van der Waals surface area (Å²) in [4.78, 5) is 14.1. The van der Waals surface area contributed by atoms with E-state index < -0.39 is 0 Å². The molecule has 1 saturated carbocycles. The lowest BCUT2D eigenvalue weighted by molar-refractivity contribution is 0.0774. The van der Waals surface area contributed by atoms with Crippen molar-refractivity contribution in [1.29, 1.82) is 0 Å². The first-order chi connectivity index (χ1) is 9.97. The van der Waals surface area contributed by atoms with Gasteiger partial charge < -0.3 is 9.32 Å².